The van der Waals surface area contributed by atoms with Crippen molar-refractivity contribution in [3.8, 4) is 11.1 Å². The number of halogens is 1. The highest BCUT2D eigenvalue weighted by Gasteiger charge is 2.27. The van der Waals surface area contributed by atoms with Crippen molar-refractivity contribution in [1.82, 2.24) is 9.78 Å². The first-order valence-electron chi connectivity index (χ1n) is 13.6. The maximum Gasteiger partial charge on any atom is 0.230 e. The van der Waals surface area contributed by atoms with Gasteiger partial charge in [-0.2, -0.15) is 5.10 Å². The number of fused-ring (bicyclic) bond motifs is 1. The number of hydrogen-bond acceptors (Lipinski definition) is 3. The zero-order valence-electron chi connectivity index (χ0n) is 22.7. The number of allylic oxidation sites excluding steroid dienone is 1. The van der Waals surface area contributed by atoms with Crippen molar-refractivity contribution in [3.05, 3.63) is 89.1 Å². The van der Waals surface area contributed by atoms with E-state index in [9.17, 15) is 11.0 Å². The van der Waals surface area contributed by atoms with Crippen molar-refractivity contribution in [2.75, 3.05) is 4.90 Å². The molecule has 0 radical (unpaired) electrons. The maximum absolute atomic E-state index is 13.9. The number of carbonyl (C=O) groups is 2. The van der Waals surface area contributed by atoms with Gasteiger partial charge in [0, 0.05) is 29.1 Å². The van der Waals surface area contributed by atoms with Gasteiger partial charge in [-0.3, -0.25) is 14.3 Å². The molecule has 5 nitrogen and oxygen atoms in total. The topological polar surface area (TPSA) is 55.2 Å². The van der Waals surface area contributed by atoms with E-state index in [0.29, 0.717) is 16.3 Å². The van der Waals surface area contributed by atoms with Gasteiger partial charge in [-0.25, -0.2) is 0 Å². The summed E-state index contributed by atoms with van der Waals surface area (Å²) in [4.78, 5) is 26.9. The second-order valence-electron chi connectivity index (χ2n) is 9.99. The van der Waals surface area contributed by atoms with Crippen molar-refractivity contribution in [2.45, 2.75) is 45.5 Å². The first-order chi connectivity index (χ1) is 18.8. The standard InChI is InChI=1S/C32H32ClN3O2/c1-22(37)11-12-23-7-6-10-29(17-23)36(32(38)24-8-4-3-5-9-24)21-27-14-13-26(19-30(27)33)25-15-16-31-28(18-25)20-34-35(31)2/h6-7,10-20,24H,3-5,8-9,21H2,1-2H3/b12-11+/i21D. The minimum Gasteiger partial charge on any atom is -0.308 e. The van der Waals surface area contributed by atoms with Crippen LogP contribution >= 0.6 is 11.6 Å². The van der Waals surface area contributed by atoms with E-state index in [2.05, 4.69) is 11.2 Å². The van der Waals surface area contributed by atoms with Crippen molar-refractivity contribution in [1.29, 1.82) is 0 Å². The summed E-state index contributed by atoms with van der Waals surface area (Å²) in [5.74, 6) is -0.222. The Kier molecular flexibility index (Phi) is 7.36. The zero-order chi connectivity index (χ0) is 27.5. The molecular weight excluding hydrogens is 494 g/mol. The summed E-state index contributed by atoms with van der Waals surface area (Å²) < 4.78 is 11.1. The van der Waals surface area contributed by atoms with Gasteiger partial charge in [0.1, 0.15) is 0 Å². The lowest BCUT2D eigenvalue weighted by atomic mass is 9.88. The van der Waals surface area contributed by atoms with E-state index in [1.165, 1.54) is 13.0 Å². The summed E-state index contributed by atoms with van der Waals surface area (Å²) in [6, 6.07) is 19.2. The fraction of sp³-hybridized carbons (Fsp3) is 0.281. The normalized spacial score (nSPS) is 15.5. The summed E-state index contributed by atoms with van der Waals surface area (Å²) in [6.07, 6.45) is 9.90. The lowest BCUT2D eigenvalue weighted by Crippen LogP contribution is -2.36. The number of nitrogens with zero attached hydrogens (tertiary/aromatic N) is 3. The molecule has 194 valence electrons. The average molecular weight is 527 g/mol. The van der Waals surface area contributed by atoms with E-state index >= 15 is 0 Å². The van der Waals surface area contributed by atoms with Gasteiger partial charge in [0.05, 0.1) is 19.6 Å². The van der Waals surface area contributed by atoms with E-state index in [1.54, 1.807) is 11.0 Å². The number of benzene rings is 3. The largest absolute Gasteiger partial charge is 0.308 e. The van der Waals surface area contributed by atoms with Gasteiger partial charge in [0.25, 0.3) is 0 Å². The third kappa shape index (κ3) is 5.73. The Labute approximate surface area is 230 Å². The predicted molar refractivity (Wildman–Crippen MR) is 155 cm³/mol. The lowest BCUT2D eigenvalue weighted by molar-refractivity contribution is -0.123. The minimum atomic E-state index is -1.02. The number of amides is 1. The third-order valence-corrected chi connectivity index (χ3v) is 7.53. The molecule has 4 aromatic rings. The molecule has 1 saturated carbocycles. The van der Waals surface area contributed by atoms with Crippen LogP contribution in [0.25, 0.3) is 28.1 Å². The fourth-order valence-corrected chi connectivity index (χ4v) is 5.33. The Bertz CT molecular complexity index is 1550. The highest BCUT2D eigenvalue weighted by Crippen LogP contribution is 2.32. The number of anilines is 1. The molecule has 0 spiro atoms. The monoisotopic (exact) mass is 526 g/mol. The predicted octanol–water partition coefficient (Wildman–Crippen LogP) is 7.61. The van der Waals surface area contributed by atoms with Gasteiger partial charge in [-0.15, -0.1) is 0 Å². The molecule has 1 atom stereocenters. The van der Waals surface area contributed by atoms with Crippen LogP contribution in [-0.2, 0) is 23.2 Å². The molecule has 5 rings (SSSR count). The van der Waals surface area contributed by atoms with E-state index in [-0.39, 0.29) is 17.6 Å². The van der Waals surface area contributed by atoms with Crippen LogP contribution in [0.4, 0.5) is 5.69 Å². The molecule has 0 saturated heterocycles. The van der Waals surface area contributed by atoms with Crippen LogP contribution in [0, 0.1) is 5.92 Å². The molecule has 1 unspecified atom stereocenters. The number of aromatic nitrogens is 2. The molecule has 0 aliphatic heterocycles. The van der Waals surface area contributed by atoms with Gasteiger partial charge in [0.2, 0.25) is 5.91 Å². The van der Waals surface area contributed by atoms with Gasteiger partial charge >= 0.3 is 0 Å². The molecular formula is C32H32ClN3O2. The molecule has 1 aromatic heterocycles. The van der Waals surface area contributed by atoms with E-state index in [4.69, 9.17) is 11.6 Å². The molecule has 1 fully saturated rings. The number of ketones is 1. The number of hydrogen-bond donors (Lipinski definition) is 0. The summed E-state index contributed by atoms with van der Waals surface area (Å²) in [5, 5.41) is 5.80. The molecule has 6 heteroatoms. The molecule has 0 bridgehead atoms. The molecule has 38 heavy (non-hydrogen) atoms. The highest BCUT2D eigenvalue weighted by atomic mass is 35.5. The number of carbonyl (C=O) groups excluding carboxylic acids is 2. The SMILES string of the molecule is [2H]C(c1ccc(-c2ccc3c(cnn3C)c2)cc1Cl)N(C(=O)C1CCCCC1)c1cccc(/C=C/C(C)=O)c1. The van der Waals surface area contributed by atoms with Gasteiger partial charge in [0.15, 0.2) is 5.78 Å². The molecule has 1 amide bonds. The van der Waals surface area contributed by atoms with Gasteiger partial charge in [-0.05, 0) is 78.4 Å². The maximum atomic E-state index is 13.9. The van der Waals surface area contributed by atoms with E-state index in [0.717, 1.165) is 59.7 Å². The van der Waals surface area contributed by atoms with Crippen molar-refractivity contribution in [2.24, 2.45) is 13.0 Å². The van der Waals surface area contributed by atoms with Crippen LogP contribution < -0.4 is 4.90 Å². The second-order valence-corrected chi connectivity index (χ2v) is 10.4. The lowest BCUT2D eigenvalue weighted by Gasteiger charge is -2.30. The van der Waals surface area contributed by atoms with Crippen molar-refractivity contribution >= 4 is 46.0 Å². The first-order valence-corrected chi connectivity index (χ1v) is 13.5. The quantitative estimate of drug-likeness (QED) is 0.233. The van der Waals surface area contributed by atoms with Crippen LogP contribution in [0.2, 0.25) is 5.02 Å². The third-order valence-electron chi connectivity index (χ3n) is 7.20. The Morgan fingerprint density at radius 1 is 1.08 bits per heavy atom. The molecule has 1 heterocycles. The molecule has 1 aliphatic rings. The van der Waals surface area contributed by atoms with E-state index < -0.39 is 6.52 Å². The van der Waals surface area contributed by atoms with Gasteiger partial charge < -0.3 is 4.90 Å². The van der Waals surface area contributed by atoms with Crippen LogP contribution in [0.3, 0.4) is 0 Å². The van der Waals surface area contributed by atoms with Crippen LogP contribution in [-0.4, -0.2) is 21.5 Å². The van der Waals surface area contributed by atoms with Crippen LogP contribution in [0.1, 0.15) is 51.5 Å². The summed E-state index contributed by atoms with van der Waals surface area (Å²) in [7, 11) is 1.91. The second kappa shape index (κ2) is 11.4. The Morgan fingerprint density at radius 3 is 2.61 bits per heavy atom. The van der Waals surface area contributed by atoms with Crippen LogP contribution in [0.5, 0.6) is 0 Å². The summed E-state index contributed by atoms with van der Waals surface area (Å²) in [5.41, 5.74) is 4.97. The van der Waals surface area contributed by atoms with Gasteiger partial charge in [-0.1, -0.05) is 67.3 Å². The zero-order valence-corrected chi connectivity index (χ0v) is 22.5. The highest BCUT2D eigenvalue weighted by molar-refractivity contribution is 6.31. The molecule has 0 N–H and O–H groups in total. The summed E-state index contributed by atoms with van der Waals surface area (Å²) >= 11 is 6.81. The number of aryl methyl sites for hydroxylation is 1. The minimum absolute atomic E-state index is 0.0513. The smallest absolute Gasteiger partial charge is 0.230 e. The van der Waals surface area contributed by atoms with Crippen molar-refractivity contribution < 1.29 is 11.0 Å². The molecule has 1 aliphatic carbocycles. The Balaban J connectivity index is 1.50. The van der Waals surface area contributed by atoms with Crippen LogP contribution in [0.15, 0.2) is 72.9 Å². The van der Waals surface area contributed by atoms with E-state index in [1.807, 2.05) is 72.5 Å². The summed E-state index contributed by atoms with van der Waals surface area (Å²) in [6.45, 7) is 0.480. The average Bonchev–Trinajstić information content (AvgIpc) is 3.32. The Hall–Kier alpha value is -3.70. The fourth-order valence-electron chi connectivity index (χ4n) is 5.10. The Morgan fingerprint density at radius 2 is 1.84 bits per heavy atom. The molecule has 3 aromatic carbocycles. The number of rotatable bonds is 7. The van der Waals surface area contributed by atoms with Crippen molar-refractivity contribution in [3.63, 3.8) is 0 Å². The first kappa shape index (κ1) is 24.6.